The van der Waals surface area contributed by atoms with Gasteiger partial charge in [0.2, 0.25) is 0 Å². The van der Waals surface area contributed by atoms with Gasteiger partial charge in [-0.2, -0.15) is 0 Å². The number of hydrogen-bond acceptors (Lipinski definition) is 1. The Balaban J connectivity index is 0.00000169. The van der Waals surface area contributed by atoms with Crippen molar-refractivity contribution >= 4 is 23.9 Å². The van der Waals surface area contributed by atoms with Gasteiger partial charge < -0.3 is 10.6 Å². The van der Waals surface area contributed by atoms with Gasteiger partial charge in [0.1, 0.15) is 0 Å². The standard InChI is InChI=1S/C19H22N2O2.ClH/c20-21-15-11-19(8-2-1-3-9-19)12-16(21)18(15)14-6-4-13(5-7-14)10-17(22)23;/h4-7,15H,1-3,8-12H2,(H,22,23);1H. The lowest BCUT2D eigenvalue weighted by Gasteiger charge is -2.49. The van der Waals surface area contributed by atoms with E-state index in [0.29, 0.717) is 5.41 Å². The second-order valence-electron chi connectivity index (χ2n) is 7.43. The Labute approximate surface area is 148 Å². The third-order valence-electron chi connectivity index (χ3n) is 5.92. The second-order valence-corrected chi connectivity index (χ2v) is 7.43. The van der Waals surface area contributed by atoms with Crippen LogP contribution in [-0.4, -0.2) is 21.8 Å². The van der Waals surface area contributed by atoms with E-state index in [1.807, 2.05) is 24.3 Å². The summed E-state index contributed by atoms with van der Waals surface area (Å²) in [6.07, 6.45) is 8.70. The van der Waals surface area contributed by atoms with Crippen molar-refractivity contribution in [2.45, 2.75) is 57.4 Å². The lowest BCUT2D eigenvalue weighted by molar-refractivity contribution is -0.567. The lowest BCUT2D eigenvalue weighted by atomic mass is 9.60. The predicted octanol–water partition coefficient (Wildman–Crippen LogP) is 4.61. The number of carboxylic acid groups (broad SMARTS) is 1. The average Bonchev–Trinajstić information content (AvgIpc) is 2.55. The quantitative estimate of drug-likeness (QED) is 0.812. The van der Waals surface area contributed by atoms with Gasteiger partial charge in [-0.3, -0.25) is 9.49 Å². The first-order valence-electron chi connectivity index (χ1n) is 8.60. The maximum atomic E-state index is 10.8. The Kier molecular flexibility index (Phi) is 4.52. The van der Waals surface area contributed by atoms with Crippen molar-refractivity contribution in [3.63, 3.8) is 0 Å². The summed E-state index contributed by atoms with van der Waals surface area (Å²) in [5.74, 6) is -0.805. The number of carbonyl (C=O) groups is 1. The summed E-state index contributed by atoms with van der Waals surface area (Å²) in [6, 6.07) is 7.92. The van der Waals surface area contributed by atoms with E-state index >= 15 is 0 Å². The summed E-state index contributed by atoms with van der Waals surface area (Å²) in [6.45, 7) is 0. The molecular formula is C19H23ClN2O2. The number of carboxylic acids is 1. The Morgan fingerprint density at radius 1 is 1.21 bits per heavy atom. The maximum absolute atomic E-state index is 10.8. The number of rotatable bonds is 3. The summed E-state index contributed by atoms with van der Waals surface area (Å²) in [7, 11) is 0. The van der Waals surface area contributed by atoms with Gasteiger partial charge in [0.05, 0.1) is 12.0 Å². The lowest BCUT2D eigenvalue weighted by Crippen LogP contribution is -2.48. The molecule has 2 fully saturated rings. The topological polar surface area (TPSA) is 62.6 Å². The SMILES string of the molecule is Cl.[N-]=[N+]1C2=C(c3ccc(CC(=O)O)cc3)C1CC1(CCCCC1)C2. The van der Waals surface area contributed by atoms with Crippen LogP contribution in [0.3, 0.4) is 0 Å². The summed E-state index contributed by atoms with van der Waals surface area (Å²) >= 11 is 0. The molecule has 1 saturated carbocycles. The number of aliphatic carboxylic acids is 1. The highest BCUT2D eigenvalue weighted by Gasteiger charge is 2.54. The smallest absolute Gasteiger partial charge is 0.307 e. The Hall–Kier alpha value is -1.68. The van der Waals surface area contributed by atoms with Crippen LogP contribution < -0.4 is 0 Å². The van der Waals surface area contributed by atoms with Crippen LogP contribution in [0.5, 0.6) is 0 Å². The third kappa shape index (κ3) is 2.77. The molecule has 2 aliphatic heterocycles. The van der Waals surface area contributed by atoms with E-state index in [1.54, 1.807) is 0 Å². The number of halogens is 1. The Morgan fingerprint density at radius 3 is 2.42 bits per heavy atom. The highest BCUT2D eigenvalue weighted by atomic mass is 35.5. The molecule has 1 aromatic rings. The predicted molar refractivity (Wildman–Crippen MR) is 94.1 cm³/mol. The van der Waals surface area contributed by atoms with Crippen molar-refractivity contribution in [1.82, 2.24) is 0 Å². The van der Waals surface area contributed by atoms with Crippen LogP contribution in [0.2, 0.25) is 0 Å². The Morgan fingerprint density at radius 2 is 1.88 bits per heavy atom. The molecule has 4 nitrogen and oxygen atoms in total. The van der Waals surface area contributed by atoms with Crippen molar-refractivity contribution in [3.8, 4) is 0 Å². The van der Waals surface area contributed by atoms with E-state index < -0.39 is 5.97 Å². The van der Waals surface area contributed by atoms with Crippen molar-refractivity contribution in [3.05, 3.63) is 46.6 Å². The molecule has 1 spiro atoms. The summed E-state index contributed by atoms with van der Waals surface area (Å²) in [5.41, 5.74) is 15.0. The van der Waals surface area contributed by atoms with E-state index in [-0.39, 0.29) is 24.9 Å². The van der Waals surface area contributed by atoms with Crippen LogP contribution >= 0.6 is 12.4 Å². The number of piperidine rings is 1. The molecule has 2 bridgehead atoms. The van der Waals surface area contributed by atoms with Gasteiger partial charge in [0, 0.05) is 12.8 Å². The fraction of sp³-hybridized carbons (Fsp3) is 0.526. The number of nitrogens with zero attached hydrogens (tertiary/aromatic N) is 2. The fourth-order valence-corrected chi connectivity index (χ4v) is 4.78. The molecule has 2 heterocycles. The van der Waals surface area contributed by atoms with Crippen LogP contribution in [0.25, 0.3) is 11.1 Å². The fourth-order valence-electron chi connectivity index (χ4n) is 4.78. The van der Waals surface area contributed by atoms with Crippen molar-refractivity contribution in [1.29, 1.82) is 0 Å². The van der Waals surface area contributed by atoms with Crippen molar-refractivity contribution < 1.29 is 14.6 Å². The van der Waals surface area contributed by atoms with Gasteiger partial charge in [0.15, 0.2) is 11.7 Å². The van der Waals surface area contributed by atoms with E-state index in [2.05, 4.69) is 0 Å². The molecule has 1 aromatic carbocycles. The van der Waals surface area contributed by atoms with Crippen LogP contribution in [0, 0.1) is 5.41 Å². The van der Waals surface area contributed by atoms with E-state index in [0.717, 1.165) is 29.7 Å². The van der Waals surface area contributed by atoms with Crippen molar-refractivity contribution in [2.75, 3.05) is 0 Å². The molecule has 0 aromatic heterocycles. The minimum Gasteiger partial charge on any atom is -0.500 e. The minimum absolute atomic E-state index is 0. The third-order valence-corrected chi connectivity index (χ3v) is 5.92. The first kappa shape index (κ1) is 17.2. The van der Waals surface area contributed by atoms with Gasteiger partial charge in [-0.05, 0) is 29.4 Å². The molecule has 1 unspecified atom stereocenters. The van der Waals surface area contributed by atoms with E-state index in [1.165, 1.54) is 42.4 Å². The monoisotopic (exact) mass is 346 g/mol. The molecule has 0 amide bonds. The molecule has 1 saturated heterocycles. The zero-order valence-electron chi connectivity index (χ0n) is 13.7. The first-order valence-corrected chi connectivity index (χ1v) is 8.60. The van der Waals surface area contributed by atoms with E-state index in [9.17, 15) is 10.3 Å². The zero-order valence-corrected chi connectivity index (χ0v) is 14.5. The normalized spacial score (nSPS) is 24.3. The molecule has 24 heavy (non-hydrogen) atoms. The van der Waals surface area contributed by atoms with Gasteiger partial charge in [-0.25, -0.2) is 0 Å². The molecule has 1 atom stereocenters. The molecule has 5 rings (SSSR count). The number of benzene rings is 1. The molecule has 5 heteroatoms. The molecule has 2 aliphatic carbocycles. The Bertz CT molecular complexity index is 703. The van der Waals surface area contributed by atoms with Gasteiger partial charge in [-0.1, -0.05) is 43.5 Å². The van der Waals surface area contributed by atoms with Crippen LogP contribution in [-0.2, 0) is 11.2 Å². The van der Waals surface area contributed by atoms with Crippen LogP contribution in [0.1, 0.15) is 56.1 Å². The first-order chi connectivity index (χ1) is 11.1. The van der Waals surface area contributed by atoms with Crippen LogP contribution in [0.4, 0.5) is 0 Å². The van der Waals surface area contributed by atoms with Crippen LogP contribution in [0.15, 0.2) is 30.0 Å². The van der Waals surface area contributed by atoms with E-state index in [4.69, 9.17) is 5.11 Å². The maximum Gasteiger partial charge on any atom is 0.307 e. The number of hydrogen-bond donors (Lipinski definition) is 1. The summed E-state index contributed by atoms with van der Waals surface area (Å²) in [4.78, 5) is 10.8. The molecule has 0 radical (unpaired) electrons. The second kappa shape index (κ2) is 6.32. The molecule has 128 valence electrons. The van der Waals surface area contributed by atoms with Gasteiger partial charge >= 0.3 is 5.97 Å². The minimum atomic E-state index is -0.805. The zero-order chi connectivity index (χ0) is 16.0. The average molecular weight is 347 g/mol. The summed E-state index contributed by atoms with van der Waals surface area (Å²) < 4.78 is 1.47. The highest BCUT2D eigenvalue weighted by Crippen LogP contribution is 2.57. The molecule has 4 aliphatic rings. The summed E-state index contributed by atoms with van der Waals surface area (Å²) in [5, 5.41) is 8.86. The van der Waals surface area contributed by atoms with Gasteiger partial charge in [-0.15, -0.1) is 12.4 Å². The molecule has 1 N–H and O–H groups in total. The largest absolute Gasteiger partial charge is 0.500 e. The molecular weight excluding hydrogens is 324 g/mol. The highest BCUT2D eigenvalue weighted by molar-refractivity contribution is 5.85. The van der Waals surface area contributed by atoms with Crippen molar-refractivity contribution in [2.24, 2.45) is 5.41 Å². The van der Waals surface area contributed by atoms with Gasteiger partial charge in [0.25, 0.3) is 0 Å². The number of allylic oxidation sites excluding steroid dienone is 1.